The Morgan fingerprint density at radius 2 is 1.81 bits per heavy atom. The Kier molecular flexibility index (Phi) is 5.52. The summed E-state index contributed by atoms with van der Waals surface area (Å²) in [5.74, 6) is -1.81. The number of hydrogen-bond donors (Lipinski definition) is 4. The first-order chi connectivity index (χ1) is 12.9. The summed E-state index contributed by atoms with van der Waals surface area (Å²) in [5.41, 5.74) is 13.2. The topological polar surface area (TPSA) is 134 Å². The number of rotatable bonds is 6. The molecule has 3 amide bonds. The maximum atomic E-state index is 12.5. The molecule has 0 radical (unpaired) electrons. The van der Waals surface area contributed by atoms with E-state index in [1.165, 1.54) is 22.9 Å². The van der Waals surface area contributed by atoms with Crippen molar-refractivity contribution >= 4 is 35.3 Å². The van der Waals surface area contributed by atoms with Gasteiger partial charge in [0, 0.05) is 13.1 Å². The summed E-state index contributed by atoms with van der Waals surface area (Å²) in [5, 5.41) is 3.04. The number of carbonyl (C=O) groups excluding carboxylic acids is 3. The number of carbonyl (C=O) groups is 3. The Hall–Kier alpha value is -2.78. The zero-order valence-electron chi connectivity index (χ0n) is 14.9. The van der Waals surface area contributed by atoms with Gasteiger partial charge < -0.3 is 21.8 Å². The van der Waals surface area contributed by atoms with Gasteiger partial charge in [-0.15, -0.1) is 11.8 Å². The number of hydrogen-bond acceptors (Lipinski definition) is 5. The van der Waals surface area contributed by atoms with Crippen molar-refractivity contribution in [2.24, 2.45) is 11.5 Å². The molecule has 9 heteroatoms. The quantitative estimate of drug-likeness (QED) is 0.547. The fourth-order valence-electron chi connectivity index (χ4n) is 3.28. The van der Waals surface area contributed by atoms with Crippen LogP contribution in [0.15, 0.2) is 29.3 Å². The number of benzene rings is 1. The van der Waals surface area contributed by atoms with Crippen LogP contribution in [0.1, 0.15) is 31.8 Å². The maximum Gasteiger partial charge on any atom is 0.253 e. The Bertz CT molecular complexity index is 908. The molecule has 1 aromatic carbocycles. The van der Waals surface area contributed by atoms with Crippen LogP contribution in [0, 0.1) is 0 Å². The molecule has 1 aromatic heterocycles. The van der Waals surface area contributed by atoms with Crippen LogP contribution in [0.5, 0.6) is 0 Å². The monoisotopic (exact) mass is 387 g/mol. The lowest BCUT2D eigenvalue weighted by molar-refractivity contribution is -0.117. The number of nitrogens with zero attached hydrogens (tertiary/aromatic N) is 1. The van der Waals surface area contributed by atoms with E-state index in [-0.39, 0.29) is 29.4 Å². The lowest BCUT2D eigenvalue weighted by Crippen LogP contribution is -2.37. The first kappa shape index (κ1) is 19.0. The van der Waals surface area contributed by atoms with Crippen molar-refractivity contribution in [2.75, 3.05) is 24.7 Å². The number of nitrogens with two attached hydrogens (primary N) is 2. The SMILES string of the molecule is CSc1[nH]c(NC(=O)CN2CCc3ccccc3C2)c(C(N)=O)c1C(N)=O. The van der Waals surface area contributed by atoms with E-state index in [1.807, 2.05) is 17.0 Å². The van der Waals surface area contributed by atoms with Gasteiger partial charge in [-0.3, -0.25) is 19.3 Å². The Morgan fingerprint density at radius 3 is 2.44 bits per heavy atom. The summed E-state index contributed by atoms with van der Waals surface area (Å²) in [6.45, 7) is 1.60. The number of H-pyrrole nitrogens is 1. The largest absolute Gasteiger partial charge is 0.365 e. The van der Waals surface area contributed by atoms with Gasteiger partial charge in [-0.25, -0.2) is 0 Å². The average Bonchev–Trinajstić information content (AvgIpc) is 3.00. The summed E-state index contributed by atoms with van der Waals surface area (Å²) in [4.78, 5) is 40.9. The minimum atomic E-state index is -0.831. The van der Waals surface area contributed by atoms with Crippen molar-refractivity contribution in [2.45, 2.75) is 18.0 Å². The van der Waals surface area contributed by atoms with Crippen LogP contribution in [0.3, 0.4) is 0 Å². The van der Waals surface area contributed by atoms with Crippen LogP contribution in [-0.2, 0) is 17.8 Å². The zero-order chi connectivity index (χ0) is 19.6. The number of primary amides is 2. The molecular weight excluding hydrogens is 366 g/mol. The number of fused-ring (bicyclic) bond motifs is 1. The highest BCUT2D eigenvalue weighted by atomic mass is 32.2. The van der Waals surface area contributed by atoms with Crippen molar-refractivity contribution in [3.8, 4) is 0 Å². The second-order valence-electron chi connectivity index (χ2n) is 6.29. The van der Waals surface area contributed by atoms with Crippen LogP contribution in [0.4, 0.5) is 5.82 Å². The normalized spacial score (nSPS) is 13.8. The molecule has 0 fully saturated rings. The predicted molar refractivity (Wildman–Crippen MR) is 104 cm³/mol. The molecule has 8 nitrogen and oxygen atoms in total. The first-order valence-corrected chi connectivity index (χ1v) is 9.61. The molecule has 2 aromatic rings. The van der Waals surface area contributed by atoms with Gasteiger partial charge in [0.1, 0.15) is 5.82 Å². The van der Waals surface area contributed by atoms with Gasteiger partial charge in [-0.1, -0.05) is 24.3 Å². The van der Waals surface area contributed by atoms with Crippen molar-refractivity contribution in [1.29, 1.82) is 0 Å². The second kappa shape index (κ2) is 7.85. The van der Waals surface area contributed by atoms with E-state index in [1.54, 1.807) is 6.26 Å². The second-order valence-corrected chi connectivity index (χ2v) is 7.11. The van der Waals surface area contributed by atoms with E-state index in [0.29, 0.717) is 11.6 Å². The predicted octanol–water partition coefficient (Wildman–Crippen LogP) is 0.931. The standard InChI is InChI=1S/C18H21N5O3S/c1-27-18-14(16(20)26)13(15(19)25)17(22-18)21-12(24)9-23-7-6-10-4-2-3-5-11(10)8-23/h2-5,22H,6-9H2,1H3,(H2,19,25)(H2,20,26)(H,21,24). The lowest BCUT2D eigenvalue weighted by atomic mass is 10.00. The third-order valence-electron chi connectivity index (χ3n) is 4.50. The van der Waals surface area contributed by atoms with Gasteiger partial charge in [0.2, 0.25) is 5.91 Å². The van der Waals surface area contributed by atoms with Gasteiger partial charge in [0.15, 0.2) is 0 Å². The number of aromatic nitrogens is 1. The molecule has 0 aliphatic carbocycles. The molecule has 3 rings (SSSR count). The van der Waals surface area contributed by atoms with Crippen molar-refractivity contribution in [3.63, 3.8) is 0 Å². The molecule has 27 heavy (non-hydrogen) atoms. The molecule has 0 unspecified atom stereocenters. The fourth-order valence-corrected chi connectivity index (χ4v) is 3.89. The highest BCUT2D eigenvalue weighted by Crippen LogP contribution is 2.29. The Labute approximate surface area is 160 Å². The van der Waals surface area contributed by atoms with Gasteiger partial charge in [0.05, 0.1) is 22.7 Å². The smallest absolute Gasteiger partial charge is 0.253 e. The molecule has 0 bridgehead atoms. The number of aromatic amines is 1. The summed E-state index contributed by atoms with van der Waals surface area (Å²) >= 11 is 1.21. The van der Waals surface area contributed by atoms with E-state index < -0.39 is 11.8 Å². The van der Waals surface area contributed by atoms with E-state index in [2.05, 4.69) is 22.4 Å². The van der Waals surface area contributed by atoms with Gasteiger partial charge in [-0.2, -0.15) is 0 Å². The van der Waals surface area contributed by atoms with Crippen LogP contribution < -0.4 is 16.8 Å². The lowest BCUT2D eigenvalue weighted by Gasteiger charge is -2.28. The highest BCUT2D eigenvalue weighted by Gasteiger charge is 2.26. The van der Waals surface area contributed by atoms with Crippen LogP contribution in [-0.4, -0.2) is 47.0 Å². The molecule has 1 aliphatic heterocycles. The number of amides is 3. The molecule has 1 aliphatic rings. The molecule has 0 saturated heterocycles. The van der Waals surface area contributed by atoms with E-state index >= 15 is 0 Å². The van der Waals surface area contributed by atoms with Gasteiger partial charge >= 0.3 is 0 Å². The highest BCUT2D eigenvalue weighted by molar-refractivity contribution is 7.98. The number of nitrogens with one attached hydrogen (secondary N) is 2. The van der Waals surface area contributed by atoms with Crippen molar-refractivity contribution in [1.82, 2.24) is 9.88 Å². The molecule has 2 heterocycles. The maximum absolute atomic E-state index is 12.5. The zero-order valence-corrected chi connectivity index (χ0v) is 15.7. The van der Waals surface area contributed by atoms with Gasteiger partial charge in [0.25, 0.3) is 11.8 Å². The Balaban J connectivity index is 1.75. The van der Waals surface area contributed by atoms with Crippen molar-refractivity contribution in [3.05, 3.63) is 46.5 Å². The van der Waals surface area contributed by atoms with Crippen LogP contribution in [0.2, 0.25) is 0 Å². The summed E-state index contributed by atoms with van der Waals surface area (Å²) in [6.07, 6.45) is 2.60. The van der Waals surface area contributed by atoms with Crippen LogP contribution >= 0.6 is 11.8 Å². The summed E-state index contributed by atoms with van der Waals surface area (Å²) in [6, 6.07) is 8.15. The fraction of sp³-hybridized carbons (Fsp3) is 0.278. The van der Waals surface area contributed by atoms with E-state index in [0.717, 1.165) is 13.0 Å². The summed E-state index contributed by atoms with van der Waals surface area (Å²) in [7, 11) is 0. The van der Waals surface area contributed by atoms with Crippen molar-refractivity contribution < 1.29 is 14.4 Å². The number of anilines is 1. The molecule has 0 saturated carbocycles. The number of thioether (sulfide) groups is 1. The first-order valence-electron chi connectivity index (χ1n) is 8.39. The molecule has 6 N–H and O–H groups in total. The third kappa shape index (κ3) is 3.99. The van der Waals surface area contributed by atoms with E-state index in [9.17, 15) is 14.4 Å². The molecule has 0 spiro atoms. The molecule has 0 atom stereocenters. The third-order valence-corrected chi connectivity index (χ3v) is 5.22. The minimum Gasteiger partial charge on any atom is -0.365 e. The summed E-state index contributed by atoms with van der Waals surface area (Å²) < 4.78 is 0. The van der Waals surface area contributed by atoms with Gasteiger partial charge in [-0.05, 0) is 23.8 Å². The molecule has 142 valence electrons. The molecular formula is C18H21N5O3S. The minimum absolute atomic E-state index is 0.00259. The van der Waals surface area contributed by atoms with E-state index in [4.69, 9.17) is 11.5 Å². The average molecular weight is 387 g/mol. The van der Waals surface area contributed by atoms with Crippen LogP contribution in [0.25, 0.3) is 0 Å². The Morgan fingerprint density at radius 1 is 1.15 bits per heavy atom.